The largest absolute Gasteiger partial charge is 0.325 e. The van der Waals surface area contributed by atoms with Gasteiger partial charge in [-0.25, -0.2) is 4.79 Å². The normalized spacial score (nSPS) is 13.4. The summed E-state index contributed by atoms with van der Waals surface area (Å²) in [5, 5.41) is 0. The van der Waals surface area contributed by atoms with Crippen molar-refractivity contribution >= 4 is 25.4 Å². The van der Waals surface area contributed by atoms with E-state index >= 15 is 0 Å². The molecule has 1 saturated carbocycles. The van der Waals surface area contributed by atoms with Gasteiger partial charge in [0.25, 0.3) is 0 Å². The van der Waals surface area contributed by atoms with E-state index in [9.17, 15) is 14.4 Å². The molecule has 0 aromatic rings. The summed E-state index contributed by atoms with van der Waals surface area (Å²) in [6, 6.07) is -0.367. The Morgan fingerprint density at radius 1 is 1.37 bits per heavy atom. The van der Waals surface area contributed by atoms with Gasteiger partial charge in [-0.15, -0.1) is 12.1 Å². The first-order valence-corrected chi connectivity index (χ1v) is 6.39. The molecule has 1 atom stereocenters. The van der Waals surface area contributed by atoms with Crippen molar-refractivity contribution in [3.63, 3.8) is 0 Å². The van der Waals surface area contributed by atoms with Crippen LogP contribution in [0, 0.1) is 0 Å². The van der Waals surface area contributed by atoms with Gasteiger partial charge in [0.15, 0.2) is 11.6 Å². The second-order valence-electron chi connectivity index (χ2n) is 4.59. The number of Topliss-reactive ketones (excluding diaryl/α,β-unsaturated/α-hetero) is 2. The van der Waals surface area contributed by atoms with E-state index in [4.69, 9.17) is 13.6 Å². The third-order valence-electron chi connectivity index (χ3n) is 2.48. The van der Waals surface area contributed by atoms with Crippen molar-refractivity contribution in [2.75, 3.05) is 0 Å². The van der Waals surface area contributed by atoms with Crippen LogP contribution in [-0.2, 0) is 14.4 Å². The van der Waals surface area contributed by atoms with E-state index in [1.54, 1.807) is 0 Å². The molecule has 0 saturated heterocycles. The van der Waals surface area contributed by atoms with Crippen molar-refractivity contribution < 1.29 is 14.4 Å². The third kappa shape index (κ3) is 9.17. The van der Waals surface area contributed by atoms with E-state index in [1.165, 1.54) is 25.2 Å². The Morgan fingerprint density at radius 2 is 1.89 bits per heavy atom. The number of hydrogen-bond donors (Lipinski definition) is 1. The van der Waals surface area contributed by atoms with Gasteiger partial charge in [0, 0.05) is 19.4 Å². The van der Waals surface area contributed by atoms with Crippen LogP contribution >= 0.6 is 0 Å². The van der Waals surface area contributed by atoms with Gasteiger partial charge in [-0.1, -0.05) is 19.3 Å². The molecule has 0 heterocycles. The van der Waals surface area contributed by atoms with Crippen LogP contribution in [0.4, 0.5) is 0 Å². The van der Waals surface area contributed by atoms with Crippen molar-refractivity contribution in [3.05, 3.63) is 17.6 Å². The summed E-state index contributed by atoms with van der Waals surface area (Å²) in [4.78, 5) is 32.5. The molecule has 4 nitrogen and oxygen atoms in total. The zero-order chi connectivity index (χ0) is 14.8. The molecule has 0 aromatic heterocycles. The number of carbonyl (C=O) groups excluding carboxylic acids is 3. The van der Waals surface area contributed by atoms with Crippen molar-refractivity contribution in [2.45, 2.75) is 51.5 Å². The predicted molar refractivity (Wildman–Crippen MR) is 75.5 cm³/mol. The summed E-state index contributed by atoms with van der Waals surface area (Å²) in [5.41, 5.74) is 5.52. The number of allylic oxidation sites excluding steroid dienone is 1. The summed E-state index contributed by atoms with van der Waals surface area (Å²) >= 11 is 0. The van der Waals surface area contributed by atoms with Crippen LogP contribution < -0.4 is 5.73 Å². The standard InChI is InChI=1S/C11H14BNO3.C3H6/c1-7(12)10(13)4-3-5-11(16)9(6-14)8(2)15;1-2-3-1/h10H,1,3-5,13H2,2H3;1-3H2. The number of rotatable bonds is 7. The minimum Gasteiger partial charge on any atom is -0.325 e. The van der Waals surface area contributed by atoms with Crippen LogP contribution in [0.15, 0.2) is 17.6 Å². The number of carbonyl (C=O) groups is 2. The fourth-order valence-electron chi connectivity index (χ4n) is 1.12. The Hall–Kier alpha value is -1.45. The van der Waals surface area contributed by atoms with Crippen molar-refractivity contribution in [1.82, 2.24) is 0 Å². The highest BCUT2D eigenvalue weighted by atomic mass is 16.2. The Bertz CT molecular complexity index is 393. The zero-order valence-corrected chi connectivity index (χ0v) is 11.4. The molecule has 1 rings (SSSR count). The van der Waals surface area contributed by atoms with Crippen molar-refractivity contribution in [1.29, 1.82) is 0 Å². The van der Waals surface area contributed by atoms with Gasteiger partial charge in [0.2, 0.25) is 0 Å². The molecule has 1 unspecified atom stereocenters. The Morgan fingerprint density at radius 3 is 2.21 bits per heavy atom. The highest BCUT2D eigenvalue weighted by Gasteiger charge is 2.15. The molecule has 1 fully saturated rings. The molecule has 5 heteroatoms. The molecule has 0 aromatic carbocycles. The topological polar surface area (TPSA) is 77.2 Å². The highest BCUT2D eigenvalue weighted by molar-refractivity contribution is 6.24. The summed E-state index contributed by atoms with van der Waals surface area (Å²) < 4.78 is 0. The van der Waals surface area contributed by atoms with Crippen LogP contribution in [0.2, 0.25) is 0 Å². The van der Waals surface area contributed by atoms with E-state index in [1.807, 2.05) is 0 Å². The second-order valence-corrected chi connectivity index (χ2v) is 4.59. The minimum absolute atomic E-state index is 0.0884. The molecule has 102 valence electrons. The molecule has 1 aliphatic carbocycles. The summed E-state index contributed by atoms with van der Waals surface area (Å²) in [5.74, 6) is 0.291. The van der Waals surface area contributed by atoms with Crippen molar-refractivity contribution in [2.24, 2.45) is 5.73 Å². The quantitative estimate of drug-likeness (QED) is 0.246. The number of nitrogens with two attached hydrogens (primary N) is 1. The monoisotopic (exact) mass is 261 g/mol. The number of ketones is 2. The maximum atomic E-state index is 11.4. The van der Waals surface area contributed by atoms with Crippen LogP contribution in [-0.4, -0.2) is 31.4 Å². The fraction of sp³-hybridized carbons (Fsp3) is 0.571. The van der Waals surface area contributed by atoms with Crippen LogP contribution in [0.1, 0.15) is 45.4 Å². The van der Waals surface area contributed by atoms with E-state index < -0.39 is 17.1 Å². The van der Waals surface area contributed by atoms with Crippen molar-refractivity contribution in [3.8, 4) is 0 Å². The Balaban J connectivity index is 0.000000934. The molecule has 2 N–H and O–H groups in total. The minimum atomic E-state index is -0.562. The van der Waals surface area contributed by atoms with E-state index in [2.05, 4.69) is 6.58 Å². The molecular formula is C14H20BNO3. The van der Waals surface area contributed by atoms with E-state index in [-0.39, 0.29) is 12.5 Å². The van der Waals surface area contributed by atoms with E-state index in [0.29, 0.717) is 18.3 Å². The maximum absolute atomic E-state index is 11.4. The van der Waals surface area contributed by atoms with Gasteiger partial charge in [-0.05, 0) is 12.8 Å². The molecule has 19 heavy (non-hydrogen) atoms. The van der Waals surface area contributed by atoms with Gasteiger partial charge in [0.05, 0.1) is 0 Å². The lowest BCUT2D eigenvalue weighted by Crippen LogP contribution is -2.22. The van der Waals surface area contributed by atoms with Crippen LogP contribution in [0.25, 0.3) is 0 Å². The lowest BCUT2D eigenvalue weighted by molar-refractivity contribution is -0.120. The SMILES string of the molecule is C1CC1.[B]C(=C)C(N)CCCC(=O)C(=C=O)C(C)=O. The average molecular weight is 261 g/mol. The number of hydrogen-bond acceptors (Lipinski definition) is 4. The molecule has 0 spiro atoms. The molecular weight excluding hydrogens is 241 g/mol. The van der Waals surface area contributed by atoms with Crippen LogP contribution in [0.3, 0.4) is 0 Å². The summed E-state index contributed by atoms with van der Waals surface area (Å²) in [6.45, 7) is 4.64. The maximum Gasteiger partial charge on any atom is 0.177 e. The van der Waals surface area contributed by atoms with Gasteiger partial charge in [-0.3, -0.25) is 9.59 Å². The second kappa shape index (κ2) is 9.48. The lowest BCUT2D eigenvalue weighted by Gasteiger charge is -2.10. The third-order valence-corrected chi connectivity index (χ3v) is 2.48. The molecule has 0 amide bonds. The average Bonchev–Trinajstić information content (AvgIpc) is 3.16. The first-order valence-electron chi connectivity index (χ1n) is 6.39. The summed E-state index contributed by atoms with van der Waals surface area (Å²) in [6.07, 6.45) is 5.53. The first kappa shape index (κ1) is 17.6. The zero-order valence-electron chi connectivity index (χ0n) is 11.4. The smallest absolute Gasteiger partial charge is 0.177 e. The molecule has 2 radical (unpaired) electrons. The van der Waals surface area contributed by atoms with E-state index in [0.717, 1.165) is 6.92 Å². The first-order chi connectivity index (χ1) is 8.90. The summed E-state index contributed by atoms with van der Waals surface area (Å²) in [7, 11) is 5.36. The highest BCUT2D eigenvalue weighted by Crippen LogP contribution is 2.14. The Labute approximate surface area is 115 Å². The fourth-order valence-corrected chi connectivity index (χ4v) is 1.12. The van der Waals surface area contributed by atoms with Gasteiger partial charge < -0.3 is 5.73 Å². The predicted octanol–water partition coefficient (Wildman–Crippen LogP) is 1.25. The Kier molecular flexibility index (Phi) is 8.76. The van der Waals surface area contributed by atoms with Gasteiger partial charge in [-0.2, -0.15) is 0 Å². The molecule has 1 aliphatic rings. The molecule has 0 aliphatic heterocycles. The van der Waals surface area contributed by atoms with Gasteiger partial charge in [0.1, 0.15) is 19.4 Å². The van der Waals surface area contributed by atoms with Crippen LogP contribution in [0.5, 0.6) is 0 Å². The molecule has 0 bridgehead atoms. The van der Waals surface area contributed by atoms with Gasteiger partial charge >= 0.3 is 0 Å². The lowest BCUT2D eigenvalue weighted by atomic mass is 9.87.